The second-order valence-electron chi connectivity index (χ2n) is 4.54. The van der Waals surface area contributed by atoms with Gasteiger partial charge in [-0.2, -0.15) is 13.2 Å². The predicted molar refractivity (Wildman–Crippen MR) is 59.8 cm³/mol. The Labute approximate surface area is 103 Å². The monoisotopic (exact) mass is 262 g/mol. The molecule has 0 spiro atoms. The first-order chi connectivity index (χ1) is 8.21. The average Bonchev–Trinajstić information content (AvgIpc) is 2.23. The molecule has 5 heteroatoms. The second kappa shape index (κ2) is 5.50. The zero-order chi connectivity index (χ0) is 13.9. The maximum atomic E-state index is 13.0. The van der Waals surface area contributed by atoms with Crippen LogP contribution in [0.2, 0.25) is 0 Å². The van der Waals surface area contributed by atoms with Gasteiger partial charge in [-0.3, -0.25) is 4.79 Å². The van der Waals surface area contributed by atoms with Crippen molar-refractivity contribution < 1.29 is 22.4 Å². The third-order valence-electron chi connectivity index (χ3n) is 2.54. The summed E-state index contributed by atoms with van der Waals surface area (Å²) in [6.45, 7) is 3.73. The molecule has 0 saturated carbocycles. The topological polar surface area (TPSA) is 17.1 Å². The van der Waals surface area contributed by atoms with E-state index >= 15 is 0 Å². The zero-order valence-electron chi connectivity index (χ0n) is 10.1. The first-order valence-corrected chi connectivity index (χ1v) is 5.61. The van der Waals surface area contributed by atoms with Crippen LogP contribution in [0.1, 0.15) is 42.6 Å². The number of halogens is 4. The van der Waals surface area contributed by atoms with E-state index in [0.29, 0.717) is 24.6 Å². The van der Waals surface area contributed by atoms with Crippen LogP contribution >= 0.6 is 0 Å². The highest BCUT2D eigenvalue weighted by molar-refractivity contribution is 5.97. The average molecular weight is 262 g/mol. The highest BCUT2D eigenvalue weighted by Crippen LogP contribution is 2.33. The number of carbonyl (C=O) groups is 1. The summed E-state index contributed by atoms with van der Waals surface area (Å²) in [5.74, 6) is -1.30. The minimum absolute atomic E-state index is 0.00972. The molecule has 0 radical (unpaired) electrons. The van der Waals surface area contributed by atoms with Crippen molar-refractivity contribution >= 4 is 5.78 Å². The Hall–Kier alpha value is -1.39. The second-order valence-corrected chi connectivity index (χ2v) is 4.54. The number of carbonyl (C=O) groups excluding carboxylic acids is 1. The molecule has 1 nitrogen and oxygen atoms in total. The normalized spacial score (nSPS) is 11.9. The molecular weight excluding hydrogens is 248 g/mol. The number of hydrogen-bond donors (Lipinski definition) is 0. The summed E-state index contributed by atoms with van der Waals surface area (Å²) in [6, 6.07) is 1.98. The van der Waals surface area contributed by atoms with E-state index in [9.17, 15) is 22.4 Å². The molecule has 0 bridgehead atoms. The number of alkyl halides is 3. The van der Waals surface area contributed by atoms with Crippen molar-refractivity contribution in [3.63, 3.8) is 0 Å². The third kappa shape index (κ3) is 3.82. The Balaban J connectivity index is 3.06. The van der Waals surface area contributed by atoms with Gasteiger partial charge in [0.15, 0.2) is 5.78 Å². The lowest BCUT2D eigenvalue weighted by Crippen LogP contribution is -2.14. The number of ketones is 1. The van der Waals surface area contributed by atoms with Crippen molar-refractivity contribution in [3.05, 3.63) is 35.1 Å². The zero-order valence-corrected chi connectivity index (χ0v) is 10.1. The maximum absolute atomic E-state index is 13.0. The fourth-order valence-corrected chi connectivity index (χ4v) is 1.55. The summed E-state index contributed by atoms with van der Waals surface area (Å²) in [4.78, 5) is 11.7. The van der Waals surface area contributed by atoms with Crippen LogP contribution in [0.4, 0.5) is 17.6 Å². The van der Waals surface area contributed by atoms with Crippen LogP contribution in [0.25, 0.3) is 0 Å². The van der Waals surface area contributed by atoms with Gasteiger partial charge in [-0.25, -0.2) is 4.39 Å². The smallest absolute Gasteiger partial charge is 0.294 e. The molecular formula is C13H14F4O. The highest BCUT2D eigenvalue weighted by atomic mass is 19.4. The third-order valence-corrected chi connectivity index (χ3v) is 2.54. The van der Waals surface area contributed by atoms with Crippen LogP contribution in [0.15, 0.2) is 18.2 Å². The molecule has 0 aliphatic carbocycles. The van der Waals surface area contributed by atoms with E-state index in [1.807, 2.05) is 13.8 Å². The van der Waals surface area contributed by atoms with Gasteiger partial charge in [-0.15, -0.1) is 0 Å². The van der Waals surface area contributed by atoms with Gasteiger partial charge in [0.2, 0.25) is 0 Å². The van der Waals surface area contributed by atoms with Crippen molar-refractivity contribution in [1.29, 1.82) is 0 Å². The Morgan fingerprint density at radius 1 is 1.28 bits per heavy atom. The standard InChI is InChI=1S/C13H14F4O/c1-8(2)3-6-12(18)10-7-9(14)4-5-11(10)13(15,16)17/h4-5,7-8H,3,6H2,1-2H3. The summed E-state index contributed by atoms with van der Waals surface area (Å²) in [6.07, 6.45) is -4.17. The quantitative estimate of drug-likeness (QED) is 0.578. The molecule has 1 aromatic carbocycles. The predicted octanol–water partition coefficient (Wildman–Crippen LogP) is 4.46. The summed E-state index contributed by atoms with van der Waals surface area (Å²) in [7, 11) is 0. The number of Topliss-reactive ketones (excluding diaryl/α,β-unsaturated/α-hetero) is 1. The Kier molecular flexibility index (Phi) is 4.48. The molecule has 18 heavy (non-hydrogen) atoms. The van der Waals surface area contributed by atoms with Crippen molar-refractivity contribution in [2.45, 2.75) is 32.9 Å². The summed E-state index contributed by atoms with van der Waals surface area (Å²) in [5, 5.41) is 0. The molecule has 0 aromatic heterocycles. The largest absolute Gasteiger partial charge is 0.417 e. The van der Waals surface area contributed by atoms with E-state index in [2.05, 4.69) is 0 Å². The van der Waals surface area contributed by atoms with Crippen molar-refractivity contribution in [3.8, 4) is 0 Å². The number of benzene rings is 1. The van der Waals surface area contributed by atoms with E-state index in [0.717, 1.165) is 0 Å². The minimum Gasteiger partial charge on any atom is -0.294 e. The molecule has 0 fully saturated rings. The molecule has 0 aliphatic heterocycles. The minimum atomic E-state index is -4.64. The van der Waals surface area contributed by atoms with Crippen LogP contribution in [0, 0.1) is 11.7 Å². The molecule has 0 unspecified atom stereocenters. The maximum Gasteiger partial charge on any atom is 0.417 e. The van der Waals surface area contributed by atoms with Crippen LogP contribution in [-0.4, -0.2) is 5.78 Å². The van der Waals surface area contributed by atoms with Crippen molar-refractivity contribution in [2.24, 2.45) is 5.92 Å². The Bertz CT molecular complexity index is 435. The van der Waals surface area contributed by atoms with E-state index in [4.69, 9.17) is 0 Å². The van der Waals surface area contributed by atoms with Crippen LogP contribution in [0.5, 0.6) is 0 Å². The molecule has 0 saturated heterocycles. The SMILES string of the molecule is CC(C)CCC(=O)c1cc(F)ccc1C(F)(F)F. The lowest BCUT2D eigenvalue weighted by molar-refractivity contribution is -0.137. The summed E-state index contributed by atoms with van der Waals surface area (Å²) < 4.78 is 51.0. The molecule has 0 heterocycles. The number of rotatable bonds is 4. The molecule has 1 aromatic rings. The van der Waals surface area contributed by atoms with E-state index in [1.54, 1.807) is 0 Å². The first-order valence-electron chi connectivity index (χ1n) is 5.61. The fraction of sp³-hybridized carbons (Fsp3) is 0.462. The van der Waals surface area contributed by atoms with Crippen LogP contribution in [-0.2, 0) is 6.18 Å². The highest BCUT2D eigenvalue weighted by Gasteiger charge is 2.35. The van der Waals surface area contributed by atoms with Gasteiger partial charge < -0.3 is 0 Å². The molecule has 100 valence electrons. The lowest BCUT2D eigenvalue weighted by atomic mass is 9.97. The fourth-order valence-electron chi connectivity index (χ4n) is 1.55. The molecule has 0 N–H and O–H groups in total. The molecule has 0 aliphatic rings. The lowest BCUT2D eigenvalue weighted by Gasteiger charge is -2.12. The summed E-state index contributed by atoms with van der Waals surface area (Å²) in [5.41, 5.74) is -1.65. The van der Waals surface area contributed by atoms with Gasteiger partial charge in [0.25, 0.3) is 0 Å². The van der Waals surface area contributed by atoms with Gasteiger partial charge in [0.1, 0.15) is 5.82 Å². The van der Waals surface area contributed by atoms with E-state index in [1.165, 1.54) is 0 Å². The molecule has 1 rings (SSSR count). The Morgan fingerprint density at radius 2 is 1.89 bits per heavy atom. The van der Waals surface area contributed by atoms with Crippen molar-refractivity contribution in [1.82, 2.24) is 0 Å². The van der Waals surface area contributed by atoms with Gasteiger partial charge in [0, 0.05) is 12.0 Å². The summed E-state index contributed by atoms with van der Waals surface area (Å²) >= 11 is 0. The van der Waals surface area contributed by atoms with Gasteiger partial charge in [0.05, 0.1) is 5.56 Å². The van der Waals surface area contributed by atoms with E-state index < -0.39 is 28.9 Å². The van der Waals surface area contributed by atoms with Gasteiger partial charge in [-0.05, 0) is 30.5 Å². The van der Waals surface area contributed by atoms with Gasteiger partial charge in [-0.1, -0.05) is 13.8 Å². The Morgan fingerprint density at radius 3 is 2.39 bits per heavy atom. The number of hydrogen-bond acceptors (Lipinski definition) is 1. The van der Waals surface area contributed by atoms with Crippen LogP contribution < -0.4 is 0 Å². The van der Waals surface area contributed by atoms with Crippen molar-refractivity contribution in [2.75, 3.05) is 0 Å². The molecule has 0 atom stereocenters. The van der Waals surface area contributed by atoms with E-state index in [-0.39, 0.29) is 12.3 Å². The van der Waals surface area contributed by atoms with Crippen LogP contribution in [0.3, 0.4) is 0 Å². The van der Waals surface area contributed by atoms with Gasteiger partial charge >= 0.3 is 6.18 Å². The first kappa shape index (κ1) is 14.7. The molecule has 0 amide bonds.